The second-order valence-electron chi connectivity index (χ2n) is 5.95. The third-order valence-electron chi connectivity index (χ3n) is 4.50. The molecule has 0 aliphatic carbocycles. The van der Waals surface area contributed by atoms with E-state index in [0.717, 1.165) is 24.2 Å². The van der Waals surface area contributed by atoms with Crippen LogP contribution in [-0.4, -0.2) is 21.7 Å². The lowest BCUT2D eigenvalue weighted by Crippen LogP contribution is -2.48. The molecule has 0 fully saturated rings. The van der Waals surface area contributed by atoms with Crippen molar-refractivity contribution in [3.8, 4) is 0 Å². The molecule has 1 aliphatic rings. The number of fused-ring (bicyclic) bond motifs is 1. The van der Waals surface area contributed by atoms with Gasteiger partial charge in [-0.2, -0.15) is 5.10 Å². The fraction of sp³-hybridized carbons (Fsp3) is 0.412. The van der Waals surface area contributed by atoms with Crippen LogP contribution in [0.3, 0.4) is 0 Å². The average molecular weight is 298 g/mol. The van der Waals surface area contributed by atoms with E-state index >= 15 is 0 Å². The number of amides is 1. The van der Waals surface area contributed by atoms with E-state index in [4.69, 9.17) is 0 Å². The zero-order valence-electron chi connectivity index (χ0n) is 13.3. The Morgan fingerprint density at radius 3 is 2.82 bits per heavy atom. The molecule has 2 unspecified atom stereocenters. The smallest absolute Gasteiger partial charge is 0.237 e. The first kappa shape index (κ1) is 14.8. The molecule has 1 aromatic carbocycles. The minimum Gasteiger partial charge on any atom is -0.348 e. The van der Waals surface area contributed by atoms with Crippen LogP contribution in [0.5, 0.6) is 0 Å². The number of carbonyl (C=O) groups excluding carboxylic acids is 1. The number of rotatable bonds is 3. The predicted octanol–water partition coefficient (Wildman–Crippen LogP) is 1.62. The van der Waals surface area contributed by atoms with E-state index in [1.54, 1.807) is 0 Å². The SMILES string of the molecule is Cc1c(C(C)NC(=O)C2Cc3ccccc3CN2)cnn1C. The zero-order chi connectivity index (χ0) is 15.7. The van der Waals surface area contributed by atoms with Crippen molar-refractivity contribution in [2.45, 2.75) is 38.9 Å². The minimum absolute atomic E-state index is 0.0415. The molecule has 0 spiro atoms. The van der Waals surface area contributed by atoms with E-state index < -0.39 is 0 Å². The number of aryl methyl sites for hydroxylation is 1. The number of hydrogen-bond donors (Lipinski definition) is 2. The van der Waals surface area contributed by atoms with Gasteiger partial charge in [-0.05, 0) is 31.4 Å². The summed E-state index contributed by atoms with van der Waals surface area (Å²) < 4.78 is 1.83. The van der Waals surface area contributed by atoms with Gasteiger partial charge >= 0.3 is 0 Å². The quantitative estimate of drug-likeness (QED) is 0.905. The largest absolute Gasteiger partial charge is 0.348 e. The Bertz CT molecular complexity index is 692. The minimum atomic E-state index is -0.172. The fourth-order valence-electron chi connectivity index (χ4n) is 2.97. The fourth-order valence-corrected chi connectivity index (χ4v) is 2.97. The van der Waals surface area contributed by atoms with Crippen molar-refractivity contribution in [2.24, 2.45) is 7.05 Å². The van der Waals surface area contributed by atoms with Crippen molar-refractivity contribution in [1.82, 2.24) is 20.4 Å². The normalized spacial score (nSPS) is 18.6. The molecular weight excluding hydrogens is 276 g/mol. The van der Waals surface area contributed by atoms with Gasteiger partial charge in [-0.15, -0.1) is 0 Å². The van der Waals surface area contributed by atoms with Gasteiger partial charge in [0.1, 0.15) is 0 Å². The summed E-state index contributed by atoms with van der Waals surface area (Å²) in [6.07, 6.45) is 2.56. The second kappa shape index (κ2) is 5.93. The monoisotopic (exact) mass is 298 g/mol. The van der Waals surface area contributed by atoms with Crippen molar-refractivity contribution < 1.29 is 4.79 Å². The molecule has 2 N–H and O–H groups in total. The maximum Gasteiger partial charge on any atom is 0.237 e. The Balaban J connectivity index is 1.67. The Kier molecular flexibility index (Phi) is 3.98. The second-order valence-corrected chi connectivity index (χ2v) is 5.95. The number of nitrogens with one attached hydrogen (secondary N) is 2. The van der Waals surface area contributed by atoms with Gasteiger partial charge in [-0.1, -0.05) is 24.3 Å². The molecule has 3 rings (SSSR count). The Labute approximate surface area is 130 Å². The summed E-state index contributed by atoms with van der Waals surface area (Å²) in [5.74, 6) is 0.0465. The van der Waals surface area contributed by atoms with Crippen molar-refractivity contribution in [1.29, 1.82) is 0 Å². The summed E-state index contributed by atoms with van der Waals surface area (Å²) in [7, 11) is 1.91. The van der Waals surface area contributed by atoms with Gasteiger partial charge in [0.25, 0.3) is 0 Å². The Hall–Kier alpha value is -2.14. The molecule has 0 radical (unpaired) electrons. The van der Waals surface area contributed by atoms with Crippen LogP contribution < -0.4 is 10.6 Å². The van der Waals surface area contributed by atoms with Crippen molar-refractivity contribution in [3.05, 3.63) is 52.8 Å². The van der Waals surface area contributed by atoms with Crippen molar-refractivity contribution in [2.75, 3.05) is 0 Å². The molecule has 0 saturated heterocycles. The first-order valence-corrected chi connectivity index (χ1v) is 7.65. The average Bonchev–Trinajstić information content (AvgIpc) is 2.86. The maximum absolute atomic E-state index is 12.5. The molecule has 2 atom stereocenters. The lowest BCUT2D eigenvalue weighted by atomic mass is 9.95. The molecule has 5 heteroatoms. The van der Waals surface area contributed by atoms with Gasteiger partial charge < -0.3 is 10.6 Å². The van der Waals surface area contributed by atoms with E-state index in [-0.39, 0.29) is 18.0 Å². The first-order chi connectivity index (χ1) is 10.6. The molecule has 116 valence electrons. The zero-order valence-corrected chi connectivity index (χ0v) is 13.3. The molecule has 1 aliphatic heterocycles. The lowest BCUT2D eigenvalue weighted by molar-refractivity contribution is -0.124. The van der Waals surface area contributed by atoms with Gasteiger partial charge in [0.15, 0.2) is 0 Å². The molecule has 2 aromatic rings. The van der Waals surface area contributed by atoms with E-state index in [9.17, 15) is 4.79 Å². The molecule has 0 bridgehead atoms. The van der Waals surface area contributed by atoms with Gasteiger partial charge in [0.2, 0.25) is 5.91 Å². The van der Waals surface area contributed by atoms with Crippen LogP contribution in [0.2, 0.25) is 0 Å². The van der Waals surface area contributed by atoms with E-state index in [2.05, 4.69) is 27.9 Å². The Morgan fingerprint density at radius 1 is 1.41 bits per heavy atom. The molecule has 5 nitrogen and oxygen atoms in total. The predicted molar refractivity (Wildman–Crippen MR) is 85.3 cm³/mol. The third kappa shape index (κ3) is 2.76. The van der Waals surface area contributed by atoms with E-state index in [1.807, 2.05) is 43.9 Å². The van der Waals surface area contributed by atoms with Crippen LogP contribution in [-0.2, 0) is 24.8 Å². The summed E-state index contributed by atoms with van der Waals surface area (Å²) in [6.45, 7) is 4.76. The number of hydrogen-bond acceptors (Lipinski definition) is 3. The molecule has 1 amide bonds. The highest BCUT2D eigenvalue weighted by atomic mass is 16.2. The van der Waals surface area contributed by atoms with Crippen LogP contribution in [0.25, 0.3) is 0 Å². The van der Waals surface area contributed by atoms with Gasteiger partial charge in [0, 0.05) is 24.8 Å². The molecular formula is C17H22N4O. The Morgan fingerprint density at radius 2 is 2.14 bits per heavy atom. The summed E-state index contributed by atoms with van der Waals surface area (Å²) in [6, 6.07) is 8.06. The van der Waals surface area contributed by atoms with Crippen LogP contribution in [0.1, 0.15) is 35.3 Å². The number of aromatic nitrogens is 2. The highest BCUT2D eigenvalue weighted by molar-refractivity contribution is 5.82. The number of benzene rings is 1. The van der Waals surface area contributed by atoms with Crippen LogP contribution in [0.4, 0.5) is 0 Å². The first-order valence-electron chi connectivity index (χ1n) is 7.65. The van der Waals surface area contributed by atoms with Gasteiger partial charge in [0.05, 0.1) is 18.3 Å². The highest BCUT2D eigenvalue weighted by Crippen LogP contribution is 2.19. The third-order valence-corrected chi connectivity index (χ3v) is 4.50. The molecule has 22 heavy (non-hydrogen) atoms. The van der Waals surface area contributed by atoms with Crippen LogP contribution in [0.15, 0.2) is 30.5 Å². The molecule has 0 saturated carbocycles. The van der Waals surface area contributed by atoms with Crippen molar-refractivity contribution in [3.63, 3.8) is 0 Å². The standard InChI is InChI=1S/C17H22N4O/c1-11(15-10-19-21(3)12(15)2)20-17(22)16-8-13-6-4-5-7-14(13)9-18-16/h4-7,10-11,16,18H,8-9H2,1-3H3,(H,20,22). The highest BCUT2D eigenvalue weighted by Gasteiger charge is 2.25. The number of nitrogens with zero attached hydrogens (tertiary/aromatic N) is 2. The molecule has 2 heterocycles. The topological polar surface area (TPSA) is 59.0 Å². The van der Waals surface area contributed by atoms with Gasteiger partial charge in [-0.25, -0.2) is 0 Å². The summed E-state index contributed by atoms with van der Waals surface area (Å²) in [5, 5.41) is 10.7. The van der Waals surface area contributed by atoms with E-state index in [0.29, 0.717) is 0 Å². The van der Waals surface area contributed by atoms with Crippen LogP contribution >= 0.6 is 0 Å². The van der Waals surface area contributed by atoms with E-state index in [1.165, 1.54) is 11.1 Å². The summed E-state index contributed by atoms with van der Waals surface area (Å²) in [4.78, 5) is 12.5. The van der Waals surface area contributed by atoms with Crippen molar-refractivity contribution >= 4 is 5.91 Å². The lowest BCUT2D eigenvalue weighted by Gasteiger charge is -2.26. The summed E-state index contributed by atoms with van der Waals surface area (Å²) in [5.41, 5.74) is 4.68. The van der Waals surface area contributed by atoms with Gasteiger partial charge in [-0.3, -0.25) is 9.48 Å². The maximum atomic E-state index is 12.5. The van der Waals surface area contributed by atoms with Crippen LogP contribution in [0, 0.1) is 6.92 Å². The molecule has 1 aromatic heterocycles. The summed E-state index contributed by atoms with van der Waals surface area (Å²) >= 11 is 0. The number of carbonyl (C=O) groups is 1.